The van der Waals surface area contributed by atoms with Gasteiger partial charge in [-0.1, -0.05) is 32.8 Å². The van der Waals surface area contributed by atoms with Crippen LogP contribution in [-0.2, 0) is 21.4 Å². The molecular formula is C21H17F4N2O6S-. The molecule has 0 saturated heterocycles. The first-order valence-corrected chi connectivity index (χ1v) is 11.4. The number of alkyl halides is 3. The molecule has 34 heavy (non-hydrogen) atoms. The van der Waals surface area contributed by atoms with Gasteiger partial charge in [0.1, 0.15) is 5.75 Å². The number of amides is 1. The van der Waals surface area contributed by atoms with Crippen LogP contribution in [0.15, 0.2) is 35.2 Å². The van der Waals surface area contributed by atoms with E-state index in [1.165, 1.54) is 25.1 Å². The molecule has 0 spiro atoms. The predicted molar refractivity (Wildman–Crippen MR) is 107 cm³/mol. The van der Waals surface area contributed by atoms with Gasteiger partial charge in [0, 0.05) is 12.5 Å². The molecular weight excluding hydrogens is 484 g/mol. The molecule has 4 rings (SSSR count). The number of fused-ring (bicyclic) bond motifs is 3. The Hall–Kier alpha value is -3.35. The smallest absolute Gasteiger partial charge is 0.471 e. The molecule has 2 aromatic carbocycles. The second kappa shape index (κ2) is 8.15. The molecule has 13 heteroatoms. The Kier molecular flexibility index (Phi) is 5.70. The van der Waals surface area contributed by atoms with E-state index in [0.717, 1.165) is 18.6 Å². The number of ether oxygens (including phenoxy) is 1. The maximum atomic E-state index is 15.4. The summed E-state index contributed by atoms with van der Waals surface area (Å²) < 4.78 is 83.8. The van der Waals surface area contributed by atoms with Gasteiger partial charge in [-0.3, -0.25) is 4.79 Å². The summed E-state index contributed by atoms with van der Waals surface area (Å²) in [7, 11) is -5.12. The number of hydrogen-bond donors (Lipinski definition) is 1. The van der Waals surface area contributed by atoms with Crippen LogP contribution in [0.5, 0.6) is 5.75 Å². The average Bonchev–Trinajstić information content (AvgIpc) is 3.55. The van der Waals surface area contributed by atoms with E-state index in [1.54, 1.807) is 5.32 Å². The van der Waals surface area contributed by atoms with Crippen LogP contribution in [-0.4, -0.2) is 33.1 Å². The number of hydrogen-bond acceptors (Lipinski definition) is 6. The number of benzene rings is 2. The fourth-order valence-corrected chi connectivity index (χ4v) is 5.26. The fourth-order valence-electron chi connectivity index (χ4n) is 3.97. The van der Waals surface area contributed by atoms with Crippen molar-refractivity contribution in [3.63, 3.8) is 0 Å². The van der Waals surface area contributed by atoms with Crippen LogP contribution in [0.25, 0.3) is 0 Å². The van der Waals surface area contributed by atoms with Crippen LogP contribution in [0.4, 0.5) is 23.3 Å². The van der Waals surface area contributed by atoms with Crippen LogP contribution < -0.4 is 19.7 Å². The lowest BCUT2D eigenvalue weighted by Crippen LogP contribution is -2.37. The van der Waals surface area contributed by atoms with E-state index in [2.05, 4.69) is 0 Å². The van der Waals surface area contributed by atoms with Crippen molar-refractivity contribution in [3.05, 3.63) is 52.6 Å². The molecule has 1 aliphatic heterocycles. The number of nitrogens with one attached hydrogen (secondary N) is 1. The number of nitrogens with zero attached hydrogens (tertiary/aromatic N) is 1. The van der Waals surface area contributed by atoms with Gasteiger partial charge in [-0.25, -0.2) is 0 Å². The molecule has 1 heterocycles. The molecule has 0 aromatic heterocycles. The predicted octanol–water partition coefficient (Wildman–Crippen LogP) is 2.11. The van der Waals surface area contributed by atoms with Gasteiger partial charge in [0.25, 0.3) is 10.0 Å². The van der Waals surface area contributed by atoms with Crippen LogP contribution in [0.1, 0.15) is 39.4 Å². The summed E-state index contributed by atoms with van der Waals surface area (Å²) in [6.45, 7) is 0.840. The summed E-state index contributed by atoms with van der Waals surface area (Å²) in [5.74, 6) is -4.10. The third-order valence-corrected chi connectivity index (χ3v) is 7.30. The summed E-state index contributed by atoms with van der Waals surface area (Å²) in [5, 5.41) is 13.4. The lowest BCUT2D eigenvalue weighted by Gasteiger charge is -2.25. The number of carboxylic acids is 1. The molecule has 0 unspecified atom stereocenters. The Morgan fingerprint density at radius 3 is 2.59 bits per heavy atom. The fraction of sp³-hybridized carbons (Fsp3) is 0.333. The Labute approximate surface area is 191 Å². The van der Waals surface area contributed by atoms with E-state index in [1.807, 2.05) is 0 Å². The molecule has 0 radical (unpaired) electrons. The average molecular weight is 501 g/mol. The number of carboxylic acid groups (broad SMARTS) is 1. The highest BCUT2D eigenvalue weighted by Crippen LogP contribution is 2.55. The zero-order valence-electron chi connectivity index (χ0n) is 17.5. The van der Waals surface area contributed by atoms with E-state index in [0.29, 0.717) is 11.1 Å². The molecule has 0 bridgehead atoms. The molecule has 2 aliphatic rings. The van der Waals surface area contributed by atoms with Crippen molar-refractivity contribution in [2.75, 3.05) is 11.1 Å². The maximum Gasteiger partial charge on any atom is 0.471 e. The quantitative estimate of drug-likeness (QED) is 0.479. The van der Waals surface area contributed by atoms with E-state index in [4.69, 9.17) is 4.74 Å². The van der Waals surface area contributed by atoms with E-state index in [-0.39, 0.29) is 29.8 Å². The van der Waals surface area contributed by atoms with Gasteiger partial charge in [0.2, 0.25) is 0 Å². The largest absolute Gasteiger partial charge is 0.545 e. The first-order valence-electron chi connectivity index (χ1n) is 9.99. The Balaban J connectivity index is 1.73. The van der Waals surface area contributed by atoms with Gasteiger partial charge in [0.15, 0.2) is 0 Å². The van der Waals surface area contributed by atoms with Gasteiger partial charge in [0.05, 0.1) is 28.7 Å². The van der Waals surface area contributed by atoms with Gasteiger partial charge in [-0.05, 0) is 42.5 Å². The van der Waals surface area contributed by atoms with E-state index < -0.39 is 55.3 Å². The molecule has 2 aromatic rings. The molecule has 182 valence electrons. The van der Waals surface area contributed by atoms with E-state index in [9.17, 15) is 36.3 Å². The number of carbonyl (C=O) groups is 2. The minimum absolute atomic E-state index is 0.0292. The lowest BCUT2D eigenvalue weighted by molar-refractivity contribution is -0.255. The first-order chi connectivity index (χ1) is 15.8. The molecule has 1 fully saturated rings. The number of sulfonamides is 1. The SMILES string of the molecule is Cc1ccc(S(=O)(=O)N(F)c2ccc3c(c2C(=O)[O-])OC[C@@H]2C[C@H]32)c(CNC(=O)C(F)(F)F)c1. The van der Waals surface area contributed by atoms with Crippen molar-refractivity contribution in [1.29, 1.82) is 0 Å². The first kappa shape index (κ1) is 23.8. The number of halogens is 4. The maximum absolute atomic E-state index is 15.4. The van der Waals surface area contributed by atoms with Crippen LogP contribution >= 0.6 is 0 Å². The van der Waals surface area contributed by atoms with Crippen LogP contribution in [0.3, 0.4) is 0 Å². The Morgan fingerprint density at radius 1 is 1.24 bits per heavy atom. The Bertz CT molecular complexity index is 1290. The molecule has 1 amide bonds. The highest BCUT2D eigenvalue weighted by atomic mass is 32.2. The number of aryl methyl sites for hydroxylation is 1. The van der Waals surface area contributed by atoms with Gasteiger partial charge >= 0.3 is 12.1 Å². The highest BCUT2D eigenvalue weighted by Gasteiger charge is 2.45. The Morgan fingerprint density at radius 2 is 1.94 bits per heavy atom. The summed E-state index contributed by atoms with van der Waals surface area (Å²) >= 11 is 0. The normalized spacial score (nSPS) is 18.9. The number of aromatic carboxylic acids is 1. The summed E-state index contributed by atoms with van der Waals surface area (Å²) in [6, 6.07) is 5.75. The minimum atomic E-state index is -5.21. The van der Waals surface area contributed by atoms with Crippen LogP contribution in [0, 0.1) is 12.8 Å². The van der Waals surface area contributed by atoms with Crippen molar-refractivity contribution in [3.8, 4) is 5.75 Å². The summed E-state index contributed by atoms with van der Waals surface area (Å²) in [4.78, 5) is 22.2. The summed E-state index contributed by atoms with van der Waals surface area (Å²) in [6.07, 6.45) is -4.45. The molecule has 1 N–H and O–H groups in total. The molecule has 1 saturated carbocycles. The monoisotopic (exact) mass is 501 g/mol. The van der Waals surface area contributed by atoms with Gasteiger partial charge in [-0.2, -0.15) is 21.6 Å². The topological polar surface area (TPSA) is 116 Å². The highest BCUT2D eigenvalue weighted by molar-refractivity contribution is 7.92. The standard InChI is InChI=1S/C21H18F4N2O6S/c1-10-2-5-16(11(6-10)8-26-20(30)21(22,23)24)34(31,32)27(25)15-4-3-13-14-7-12(14)9-33-18(13)17(15)19(28)29/h2-6,12,14H,7-9H2,1H3,(H,26,30)(H,28,29)/p-1/t12-,14-/m0/s1. The van der Waals surface area contributed by atoms with Crippen molar-refractivity contribution >= 4 is 27.6 Å². The second-order valence-corrected chi connectivity index (χ2v) is 9.80. The minimum Gasteiger partial charge on any atom is -0.545 e. The van der Waals surface area contributed by atoms with Gasteiger partial charge in [-0.15, -0.1) is 0 Å². The van der Waals surface area contributed by atoms with Crippen LogP contribution in [0.2, 0.25) is 0 Å². The number of carbonyl (C=O) groups excluding carboxylic acids is 2. The zero-order chi connectivity index (χ0) is 25.0. The number of rotatable bonds is 6. The van der Waals surface area contributed by atoms with Crippen molar-refractivity contribution < 1.29 is 45.5 Å². The zero-order valence-corrected chi connectivity index (χ0v) is 18.3. The second-order valence-electron chi connectivity index (χ2n) is 8.09. The molecule has 8 nitrogen and oxygen atoms in total. The van der Waals surface area contributed by atoms with Gasteiger partial charge < -0.3 is 20.0 Å². The van der Waals surface area contributed by atoms with Crippen molar-refractivity contribution in [1.82, 2.24) is 5.32 Å². The lowest BCUT2D eigenvalue weighted by atomic mass is 10.0. The third-order valence-electron chi connectivity index (χ3n) is 5.73. The molecule has 1 aliphatic carbocycles. The van der Waals surface area contributed by atoms with Crippen molar-refractivity contribution in [2.24, 2.45) is 5.92 Å². The third kappa shape index (κ3) is 4.15. The summed E-state index contributed by atoms with van der Waals surface area (Å²) in [5.41, 5.74) is -1.05. The van der Waals surface area contributed by atoms with Crippen molar-refractivity contribution in [2.45, 2.75) is 36.9 Å². The molecule has 2 atom stereocenters. The number of anilines is 1. The van der Waals surface area contributed by atoms with E-state index >= 15 is 4.48 Å².